The van der Waals surface area contributed by atoms with E-state index in [4.69, 9.17) is 9.72 Å². The summed E-state index contributed by atoms with van der Waals surface area (Å²) in [6, 6.07) is 5.98. The van der Waals surface area contributed by atoms with Crippen molar-refractivity contribution in [3.63, 3.8) is 0 Å². The van der Waals surface area contributed by atoms with E-state index in [2.05, 4.69) is 43.3 Å². The van der Waals surface area contributed by atoms with Crippen molar-refractivity contribution in [1.82, 2.24) is 15.3 Å². The highest BCUT2D eigenvalue weighted by molar-refractivity contribution is 7.17. The minimum Gasteiger partial charge on any atom is -0.368 e. The minimum absolute atomic E-state index is 0.00725. The first-order chi connectivity index (χ1) is 13.9. The molecule has 3 rings (SSSR count). The molecule has 2 N–H and O–H groups in total. The van der Waals surface area contributed by atoms with Crippen LogP contribution in [0.1, 0.15) is 71.0 Å². The van der Waals surface area contributed by atoms with Gasteiger partial charge in [0.25, 0.3) is 0 Å². The normalized spacial score (nSPS) is 18.9. The molecule has 3 heterocycles. The molecule has 30 heavy (non-hydrogen) atoms. The van der Waals surface area contributed by atoms with E-state index in [-0.39, 0.29) is 16.9 Å². The monoisotopic (exact) mass is 430 g/mol. The van der Waals surface area contributed by atoms with Crippen LogP contribution in [0.25, 0.3) is 10.6 Å². The number of Topliss-reactive ketones (excluding diaryl/α,β-unsaturated/α-hetero) is 1. The summed E-state index contributed by atoms with van der Waals surface area (Å²) in [5.41, 5.74) is 0.0863. The van der Waals surface area contributed by atoms with Crippen LogP contribution >= 0.6 is 11.3 Å². The van der Waals surface area contributed by atoms with Gasteiger partial charge in [0.15, 0.2) is 0 Å². The van der Waals surface area contributed by atoms with Gasteiger partial charge in [0, 0.05) is 29.9 Å². The van der Waals surface area contributed by atoms with Gasteiger partial charge >= 0.3 is 0 Å². The van der Waals surface area contributed by atoms with Crippen molar-refractivity contribution in [3.05, 3.63) is 29.3 Å². The fraction of sp³-hybridized carbons (Fsp3) is 0.609. The second kappa shape index (κ2) is 8.36. The van der Waals surface area contributed by atoms with Gasteiger partial charge in [0.2, 0.25) is 11.7 Å². The van der Waals surface area contributed by atoms with Crippen molar-refractivity contribution >= 4 is 23.1 Å². The average Bonchev–Trinajstić information content (AvgIpc) is 3.08. The Balaban J connectivity index is 1.77. The SMILES string of the molecule is CCOC(C)(C)C(=O)c1ccc(-c2ccnc(NC3CC(C)(C)NC(C)(C)C3)n2)s1. The summed E-state index contributed by atoms with van der Waals surface area (Å²) in [4.78, 5) is 23.6. The topological polar surface area (TPSA) is 76.1 Å². The van der Waals surface area contributed by atoms with Gasteiger partial charge in [-0.3, -0.25) is 4.79 Å². The van der Waals surface area contributed by atoms with Gasteiger partial charge in [-0.1, -0.05) is 0 Å². The molecule has 0 radical (unpaired) electrons. The van der Waals surface area contributed by atoms with Crippen LogP contribution in [0, 0.1) is 0 Å². The lowest BCUT2D eigenvalue weighted by Crippen LogP contribution is -2.60. The molecular formula is C23H34N4O2S. The number of carbonyl (C=O) groups is 1. The van der Waals surface area contributed by atoms with E-state index in [1.165, 1.54) is 11.3 Å². The van der Waals surface area contributed by atoms with Crippen molar-refractivity contribution in [2.75, 3.05) is 11.9 Å². The number of rotatable bonds is 7. The molecule has 0 atom stereocenters. The maximum absolute atomic E-state index is 12.8. The summed E-state index contributed by atoms with van der Waals surface area (Å²) >= 11 is 1.44. The van der Waals surface area contributed by atoms with Gasteiger partial charge < -0.3 is 15.4 Å². The molecule has 1 aliphatic heterocycles. The zero-order valence-electron chi connectivity index (χ0n) is 19.1. The van der Waals surface area contributed by atoms with Gasteiger partial charge in [0.05, 0.1) is 15.4 Å². The van der Waals surface area contributed by atoms with Crippen LogP contribution in [0.3, 0.4) is 0 Å². The Morgan fingerprint density at radius 3 is 2.53 bits per heavy atom. The fourth-order valence-corrected chi connectivity index (χ4v) is 5.56. The third-order valence-electron chi connectivity index (χ3n) is 5.31. The van der Waals surface area contributed by atoms with E-state index in [9.17, 15) is 4.79 Å². The number of ketones is 1. The number of nitrogens with one attached hydrogen (secondary N) is 2. The molecule has 0 aliphatic carbocycles. The molecule has 1 aliphatic rings. The Labute approximate surface area is 183 Å². The molecule has 2 aromatic rings. The third kappa shape index (κ3) is 5.45. The van der Waals surface area contributed by atoms with Crippen LogP contribution in [0.2, 0.25) is 0 Å². The Bertz CT molecular complexity index is 888. The fourth-order valence-electron chi connectivity index (χ4n) is 4.49. The predicted octanol–water partition coefficient (Wildman–Crippen LogP) is 4.92. The Morgan fingerprint density at radius 2 is 1.90 bits per heavy atom. The zero-order valence-corrected chi connectivity index (χ0v) is 19.9. The number of thiophene rings is 1. The Kier molecular flexibility index (Phi) is 6.37. The second-order valence-corrected chi connectivity index (χ2v) is 10.9. The lowest BCUT2D eigenvalue weighted by Gasteiger charge is -2.46. The molecule has 6 nitrogen and oxygen atoms in total. The van der Waals surface area contributed by atoms with E-state index < -0.39 is 5.60 Å². The summed E-state index contributed by atoms with van der Waals surface area (Å²) in [6.45, 7) is 14.9. The summed E-state index contributed by atoms with van der Waals surface area (Å²) in [7, 11) is 0. The van der Waals surface area contributed by atoms with E-state index >= 15 is 0 Å². The molecule has 164 valence electrons. The Morgan fingerprint density at radius 1 is 1.23 bits per heavy atom. The van der Waals surface area contributed by atoms with Gasteiger partial charge in [0.1, 0.15) is 5.60 Å². The van der Waals surface area contributed by atoms with E-state index in [1.54, 1.807) is 6.20 Å². The van der Waals surface area contributed by atoms with Crippen LogP contribution in [0.5, 0.6) is 0 Å². The van der Waals surface area contributed by atoms with Crippen molar-refractivity contribution in [3.8, 4) is 10.6 Å². The number of aromatic nitrogens is 2. The van der Waals surface area contributed by atoms with Crippen LogP contribution < -0.4 is 10.6 Å². The summed E-state index contributed by atoms with van der Waals surface area (Å²) in [6.07, 6.45) is 3.76. The van der Waals surface area contributed by atoms with E-state index in [0.29, 0.717) is 23.5 Å². The van der Waals surface area contributed by atoms with Crippen LogP contribution in [0.4, 0.5) is 5.95 Å². The predicted molar refractivity (Wildman–Crippen MR) is 123 cm³/mol. The first-order valence-electron chi connectivity index (χ1n) is 10.6. The molecule has 0 unspecified atom stereocenters. The average molecular weight is 431 g/mol. The van der Waals surface area contributed by atoms with Crippen LogP contribution in [-0.4, -0.2) is 45.1 Å². The van der Waals surface area contributed by atoms with Crippen molar-refractivity contribution in [2.24, 2.45) is 0 Å². The highest BCUT2D eigenvalue weighted by atomic mass is 32.1. The molecule has 0 bridgehead atoms. The van der Waals surface area contributed by atoms with Gasteiger partial charge in [-0.15, -0.1) is 11.3 Å². The van der Waals surface area contributed by atoms with Gasteiger partial charge in [-0.05, 0) is 79.5 Å². The van der Waals surface area contributed by atoms with Gasteiger partial charge in [-0.2, -0.15) is 0 Å². The second-order valence-electron chi connectivity index (χ2n) is 9.84. The maximum Gasteiger partial charge on any atom is 0.223 e. The molecular weight excluding hydrogens is 396 g/mol. The molecule has 0 spiro atoms. The number of hydrogen-bond donors (Lipinski definition) is 2. The first-order valence-corrected chi connectivity index (χ1v) is 11.4. The number of anilines is 1. The quantitative estimate of drug-likeness (QED) is 0.607. The first kappa shape index (κ1) is 22.8. The number of ether oxygens (including phenoxy) is 1. The summed E-state index contributed by atoms with van der Waals surface area (Å²) in [5, 5.41) is 7.23. The van der Waals surface area contributed by atoms with Crippen molar-refractivity contribution < 1.29 is 9.53 Å². The molecule has 0 saturated carbocycles. The molecule has 0 aromatic carbocycles. The summed E-state index contributed by atoms with van der Waals surface area (Å²) < 4.78 is 5.61. The number of piperidine rings is 1. The van der Waals surface area contributed by atoms with Crippen LogP contribution in [-0.2, 0) is 4.74 Å². The molecule has 0 amide bonds. The van der Waals surface area contributed by atoms with Crippen molar-refractivity contribution in [2.45, 2.75) is 84.0 Å². The number of carbonyl (C=O) groups excluding carboxylic acids is 1. The molecule has 1 fully saturated rings. The third-order valence-corrected chi connectivity index (χ3v) is 6.42. The highest BCUT2D eigenvalue weighted by Gasteiger charge is 2.38. The maximum atomic E-state index is 12.8. The van der Waals surface area contributed by atoms with E-state index in [0.717, 1.165) is 23.4 Å². The number of nitrogens with zero attached hydrogens (tertiary/aromatic N) is 2. The smallest absolute Gasteiger partial charge is 0.223 e. The standard InChI is InChI=1S/C23H34N4O2S/c1-8-29-23(6,7)19(28)18-10-9-17(30-18)16-11-12-24-20(26-16)25-15-13-21(2,3)27-22(4,5)14-15/h9-12,15,27H,8,13-14H2,1-7H3,(H,24,25,26). The lowest BCUT2D eigenvalue weighted by molar-refractivity contribution is 0.00159. The zero-order chi connectivity index (χ0) is 22.2. The molecule has 2 aromatic heterocycles. The largest absolute Gasteiger partial charge is 0.368 e. The van der Waals surface area contributed by atoms with E-state index in [1.807, 2.05) is 39.0 Å². The highest BCUT2D eigenvalue weighted by Crippen LogP contribution is 2.32. The van der Waals surface area contributed by atoms with Crippen molar-refractivity contribution in [1.29, 1.82) is 0 Å². The Hall–Kier alpha value is -1.83. The van der Waals surface area contributed by atoms with Crippen LogP contribution in [0.15, 0.2) is 24.4 Å². The molecule has 1 saturated heterocycles. The van der Waals surface area contributed by atoms with Gasteiger partial charge in [-0.25, -0.2) is 9.97 Å². The lowest BCUT2D eigenvalue weighted by atomic mass is 9.80. The number of hydrogen-bond acceptors (Lipinski definition) is 7. The summed E-state index contributed by atoms with van der Waals surface area (Å²) in [5.74, 6) is 0.620. The molecule has 7 heteroatoms. The minimum atomic E-state index is -0.829.